The maximum absolute atomic E-state index is 12.7. The van der Waals surface area contributed by atoms with E-state index in [2.05, 4.69) is 5.32 Å². The van der Waals surface area contributed by atoms with E-state index in [-0.39, 0.29) is 28.0 Å². The Balaban J connectivity index is 2.79. The quantitative estimate of drug-likeness (QED) is 0.588. The number of para-hydroxylation sites is 1. The first kappa shape index (κ1) is 20.6. The number of hydrogen-bond donors (Lipinski definition) is 1. The van der Waals surface area contributed by atoms with Crippen molar-refractivity contribution in [2.45, 2.75) is 58.9 Å². The molecular weight excluding hydrogens is 324 g/mol. The summed E-state index contributed by atoms with van der Waals surface area (Å²) in [4.78, 5) is 23.4. The molecule has 0 aliphatic carbocycles. The molecule has 1 aromatic carbocycles. The average molecular weight is 353 g/mol. The summed E-state index contributed by atoms with van der Waals surface area (Å²) in [7, 11) is 0. The third-order valence-electron chi connectivity index (χ3n) is 3.39. The number of Topliss-reactive ketones (excluding diaryl/α,β-unsaturated/α-hetero) is 1. The molecule has 0 aromatic heterocycles. The molecule has 1 N–H and O–H groups in total. The molecule has 0 radical (unpaired) electrons. The molecule has 1 atom stereocenters. The summed E-state index contributed by atoms with van der Waals surface area (Å²) in [6, 6.07) is 6.47. The zero-order valence-corrected chi connectivity index (χ0v) is 16.2. The van der Waals surface area contributed by atoms with Gasteiger partial charge in [0, 0.05) is 34.1 Å². The van der Waals surface area contributed by atoms with E-state index in [1.54, 1.807) is 30.0 Å². The summed E-state index contributed by atoms with van der Waals surface area (Å²) >= 11 is 1.54. The van der Waals surface area contributed by atoms with Crippen molar-refractivity contribution < 1.29 is 9.72 Å². The number of benzene rings is 1. The zero-order valence-electron chi connectivity index (χ0n) is 15.4. The van der Waals surface area contributed by atoms with Crippen LogP contribution in [0.2, 0.25) is 0 Å². The number of rotatable bonds is 7. The lowest BCUT2D eigenvalue weighted by Gasteiger charge is -2.31. The maximum Gasteiger partial charge on any atom is 0.273 e. The van der Waals surface area contributed by atoms with Crippen LogP contribution in [0.5, 0.6) is 0 Å². The average Bonchev–Trinajstić information content (AvgIpc) is 2.43. The van der Waals surface area contributed by atoms with E-state index >= 15 is 0 Å². The molecule has 0 bridgehead atoms. The van der Waals surface area contributed by atoms with Gasteiger partial charge in [0.25, 0.3) is 5.69 Å². The molecule has 0 saturated carbocycles. The summed E-state index contributed by atoms with van der Waals surface area (Å²) in [5.41, 5.74) is 0.213. The minimum absolute atomic E-state index is 0.132. The van der Waals surface area contributed by atoms with Crippen LogP contribution in [0.25, 0.3) is 0 Å². The highest BCUT2D eigenvalue weighted by atomic mass is 32.2. The molecule has 0 aliphatic heterocycles. The third-order valence-corrected chi connectivity index (χ3v) is 4.48. The van der Waals surface area contributed by atoms with Crippen LogP contribution >= 0.6 is 11.8 Å². The molecule has 1 rings (SSSR count). The second kappa shape index (κ2) is 8.12. The number of ketones is 1. The van der Waals surface area contributed by atoms with Gasteiger partial charge in [-0.15, -0.1) is 0 Å². The van der Waals surface area contributed by atoms with Crippen molar-refractivity contribution in [1.82, 2.24) is 5.32 Å². The van der Waals surface area contributed by atoms with Crippen LogP contribution < -0.4 is 5.32 Å². The van der Waals surface area contributed by atoms with Gasteiger partial charge in [-0.25, -0.2) is 0 Å². The summed E-state index contributed by atoms with van der Waals surface area (Å²) in [6.07, 6.45) is 0. The number of nitro groups is 1. The summed E-state index contributed by atoms with van der Waals surface area (Å²) < 4.78 is 0. The first-order valence-electron chi connectivity index (χ1n) is 8.04. The predicted octanol–water partition coefficient (Wildman–Crippen LogP) is 4.20. The molecule has 0 aliphatic rings. The van der Waals surface area contributed by atoms with E-state index < -0.39 is 5.41 Å². The fourth-order valence-electron chi connectivity index (χ4n) is 2.33. The van der Waals surface area contributed by atoms with E-state index in [1.807, 2.05) is 41.5 Å². The highest BCUT2D eigenvalue weighted by Crippen LogP contribution is 2.25. The van der Waals surface area contributed by atoms with Crippen molar-refractivity contribution >= 4 is 23.2 Å². The van der Waals surface area contributed by atoms with E-state index in [0.29, 0.717) is 17.1 Å². The normalized spacial score (nSPS) is 13.6. The number of nitro benzene ring substituents is 1. The Bertz CT molecular complexity index is 589. The molecule has 0 amide bonds. The number of carbonyl (C=O) groups is 1. The second-order valence-electron chi connectivity index (χ2n) is 7.96. The van der Waals surface area contributed by atoms with Crippen LogP contribution in [0.4, 0.5) is 5.69 Å². The Morgan fingerprint density at radius 2 is 1.79 bits per heavy atom. The number of nitrogens with one attached hydrogen (secondary N) is 1. The van der Waals surface area contributed by atoms with Gasteiger partial charge in [0.1, 0.15) is 0 Å². The SMILES string of the molecule is CC(C)(C)NC(CSCc1ccccc1[N+](=O)[O-])C(=O)C(C)(C)C. The number of thioether (sulfide) groups is 1. The van der Waals surface area contributed by atoms with Gasteiger partial charge in [-0.2, -0.15) is 11.8 Å². The van der Waals surface area contributed by atoms with Crippen LogP contribution in [0.3, 0.4) is 0 Å². The summed E-state index contributed by atoms with van der Waals surface area (Å²) in [5.74, 6) is 1.25. The highest BCUT2D eigenvalue weighted by molar-refractivity contribution is 7.98. The van der Waals surface area contributed by atoms with Gasteiger partial charge >= 0.3 is 0 Å². The lowest BCUT2D eigenvalue weighted by atomic mass is 9.86. The molecular formula is C18H28N2O3S. The monoisotopic (exact) mass is 352 g/mol. The lowest BCUT2D eigenvalue weighted by Crippen LogP contribution is -2.52. The molecule has 0 heterocycles. The Hall–Kier alpha value is -1.40. The molecule has 0 saturated heterocycles. The molecule has 1 unspecified atom stereocenters. The molecule has 6 heteroatoms. The van der Waals surface area contributed by atoms with Gasteiger partial charge in [0.2, 0.25) is 0 Å². The molecule has 0 fully saturated rings. The van der Waals surface area contributed by atoms with Crippen molar-refractivity contribution in [3.63, 3.8) is 0 Å². The van der Waals surface area contributed by atoms with E-state index in [0.717, 1.165) is 0 Å². The fourth-order valence-corrected chi connectivity index (χ4v) is 3.38. The van der Waals surface area contributed by atoms with Gasteiger partial charge in [-0.1, -0.05) is 39.0 Å². The first-order chi connectivity index (χ1) is 10.9. The molecule has 1 aromatic rings. The van der Waals surface area contributed by atoms with Crippen LogP contribution in [0.1, 0.15) is 47.1 Å². The fraction of sp³-hybridized carbons (Fsp3) is 0.611. The topological polar surface area (TPSA) is 72.2 Å². The minimum Gasteiger partial charge on any atom is -0.302 e. The number of hydrogen-bond acceptors (Lipinski definition) is 5. The van der Waals surface area contributed by atoms with Crippen molar-refractivity contribution in [1.29, 1.82) is 0 Å². The first-order valence-corrected chi connectivity index (χ1v) is 9.19. The van der Waals surface area contributed by atoms with Gasteiger partial charge in [-0.3, -0.25) is 14.9 Å². The zero-order chi connectivity index (χ0) is 18.5. The van der Waals surface area contributed by atoms with Gasteiger partial charge in [0.05, 0.1) is 11.0 Å². The summed E-state index contributed by atoms with van der Waals surface area (Å²) in [6.45, 7) is 11.8. The number of nitrogens with zero attached hydrogens (tertiary/aromatic N) is 1. The largest absolute Gasteiger partial charge is 0.302 e. The Labute approximate surface area is 148 Å². The van der Waals surface area contributed by atoms with Gasteiger partial charge < -0.3 is 5.32 Å². The van der Waals surface area contributed by atoms with Gasteiger partial charge in [0.15, 0.2) is 5.78 Å². The third kappa shape index (κ3) is 6.61. The Morgan fingerprint density at radius 3 is 2.29 bits per heavy atom. The highest BCUT2D eigenvalue weighted by Gasteiger charge is 2.31. The van der Waals surface area contributed by atoms with Crippen molar-refractivity contribution in [2.24, 2.45) is 5.41 Å². The van der Waals surface area contributed by atoms with Gasteiger partial charge in [-0.05, 0) is 20.8 Å². The van der Waals surface area contributed by atoms with Crippen molar-refractivity contribution in [3.8, 4) is 0 Å². The minimum atomic E-state index is -0.428. The molecule has 0 spiro atoms. The lowest BCUT2D eigenvalue weighted by molar-refractivity contribution is -0.385. The Kier molecular flexibility index (Phi) is 6.98. The number of carbonyl (C=O) groups excluding carboxylic acids is 1. The smallest absolute Gasteiger partial charge is 0.273 e. The predicted molar refractivity (Wildman–Crippen MR) is 100 cm³/mol. The Morgan fingerprint density at radius 1 is 1.21 bits per heavy atom. The maximum atomic E-state index is 12.7. The molecule has 134 valence electrons. The van der Waals surface area contributed by atoms with Crippen LogP contribution in [-0.4, -0.2) is 28.0 Å². The van der Waals surface area contributed by atoms with E-state index in [9.17, 15) is 14.9 Å². The summed E-state index contributed by atoms with van der Waals surface area (Å²) in [5, 5.41) is 14.5. The molecule has 24 heavy (non-hydrogen) atoms. The van der Waals surface area contributed by atoms with Crippen LogP contribution in [0.15, 0.2) is 24.3 Å². The van der Waals surface area contributed by atoms with Crippen molar-refractivity contribution in [3.05, 3.63) is 39.9 Å². The second-order valence-corrected chi connectivity index (χ2v) is 8.99. The molecule has 5 nitrogen and oxygen atoms in total. The standard InChI is InChI=1S/C18H28N2O3S/c1-17(2,3)16(21)14(19-18(4,5)6)12-24-11-13-9-7-8-10-15(13)20(22)23/h7-10,14,19H,11-12H2,1-6H3. The van der Waals surface area contributed by atoms with Crippen LogP contribution in [0, 0.1) is 15.5 Å². The van der Waals surface area contributed by atoms with Crippen molar-refractivity contribution in [2.75, 3.05) is 5.75 Å². The van der Waals surface area contributed by atoms with E-state index in [4.69, 9.17) is 0 Å². The van der Waals surface area contributed by atoms with Crippen LogP contribution in [-0.2, 0) is 10.5 Å². The van der Waals surface area contributed by atoms with E-state index in [1.165, 1.54) is 6.07 Å².